The number of rotatable bonds is 5. The van der Waals surface area contributed by atoms with Crippen molar-refractivity contribution in [2.45, 2.75) is 76.4 Å². The van der Waals surface area contributed by atoms with Gasteiger partial charge in [0.1, 0.15) is 0 Å². The molecule has 1 saturated heterocycles. The summed E-state index contributed by atoms with van der Waals surface area (Å²) in [5, 5.41) is 13.2. The van der Waals surface area contributed by atoms with Crippen LogP contribution in [0.1, 0.15) is 58.3 Å². The highest BCUT2D eigenvalue weighted by Crippen LogP contribution is 2.36. The molecular formula is C17H30N2O2. The standard InChI is InChI=1S/C17H30N2O2/c1-12(13-7-8-13)19-10-14(17(20)21)9-16(11-19)18-15-5-3-2-4-6-15/h12-16,18H,2-11H2,1H3,(H,20,21). The molecule has 0 aromatic heterocycles. The van der Waals surface area contributed by atoms with Gasteiger partial charge in [0, 0.05) is 31.2 Å². The van der Waals surface area contributed by atoms with Crippen molar-refractivity contribution in [3.63, 3.8) is 0 Å². The predicted octanol–water partition coefficient (Wildman–Crippen LogP) is 2.48. The minimum Gasteiger partial charge on any atom is -0.481 e. The molecule has 4 heteroatoms. The van der Waals surface area contributed by atoms with Gasteiger partial charge in [-0.15, -0.1) is 0 Å². The third-order valence-electron chi connectivity index (χ3n) is 5.78. The SMILES string of the molecule is CC(C1CC1)N1CC(NC2CCCCC2)CC(C(=O)O)C1. The van der Waals surface area contributed by atoms with E-state index in [1.54, 1.807) is 0 Å². The first-order chi connectivity index (χ1) is 10.1. The second kappa shape index (κ2) is 6.66. The molecular weight excluding hydrogens is 264 g/mol. The lowest BCUT2D eigenvalue weighted by Gasteiger charge is -2.41. The normalized spacial score (nSPS) is 33.8. The van der Waals surface area contributed by atoms with Gasteiger partial charge in [-0.3, -0.25) is 9.69 Å². The average molecular weight is 294 g/mol. The molecule has 21 heavy (non-hydrogen) atoms. The van der Waals surface area contributed by atoms with E-state index in [9.17, 15) is 9.90 Å². The topological polar surface area (TPSA) is 52.6 Å². The van der Waals surface area contributed by atoms with Gasteiger partial charge < -0.3 is 10.4 Å². The molecule has 0 bridgehead atoms. The fourth-order valence-corrected chi connectivity index (χ4v) is 4.24. The first-order valence-electron chi connectivity index (χ1n) is 8.86. The van der Waals surface area contributed by atoms with E-state index >= 15 is 0 Å². The number of aliphatic carboxylic acids is 1. The van der Waals surface area contributed by atoms with Crippen molar-refractivity contribution in [3.8, 4) is 0 Å². The Hall–Kier alpha value is -0.610. The number of likely N-dealkylation sites (tertiary alicyclic amines) is 1. The van der Waals surface area contributed by atoms with Gasteiger partial charge in [0.15, 0.2) is 0 Å². The van der Waals surface area contributed by atoms with E-state index in [0.29, 0.717) is 18.1 Å². The lowest BCUT2D eigenvalue weighted by atomic mass is 9.90. The van der Waals surface area contributed by atoms with Crippen molar-refractivity contribution in [2.75, 3.05) is 13.1 Å². The van der Waals surface area contributed by atoms with Crippen molar-refractivity contribution in [1.29, 1.82) is 0 Å². The minimum atomic E-state index is -0.613. The molecule has 0 spiro atoms. The van der Waals surface area contributed by atoms with Crippen LogP contribution in [-0.2, 0) is 4.79 Å². The molecule has 1 aliphatic heterocycles. The molecule has 2 aliphatic carbocycles. The van der Waals surface area contributed by atoms with Crippen molar-refractivity contribution >= 4 is 5.97 Å². The fraction of sp³-hybridized carbons (Fsp3) is 0.941. The molecule has 4 nitrogen and oxygen atoms in total. The number of carbonyl (C=O) groups is 1. The van der Waals surface area contributed by atoms with Crippen LogP contribution in [0.2, 0.25) is 0 Å². The van der Waals surface area contributed by atoms with E-state index in [4.69, 9.17) is 0 Å². The predicted molar refractivity (Wildman–Crippen MR) is 83.3 cm³/mol. The van der Waals surface area contributed by atoms with Gasteiger partial charge in [0.25, 0.3) is 0 Å². The highest BCUT2D eigenvalue weighted by Gasteiger charge is 2.39. The quantitative estimate of drug-likeness (QED) is 0.818. The number of piperidine rings is 1. The Balaban J connectivity index is 1.59. The molecule has 3 unspecified atom stereocenters. The van der Waals surface area contributed by atoms with Crippen molar-refractivity contribution in [3.05, 3.63) is 0 Å². The van der Waals surface area contributed by atoms with Gasteiger partial charge in [-0.2, -0.15) is 0 Å². The Morgan fingerprint density at radius 1 is 1.10 bits per heavy atom. The molecule has 0 aromatic carbocycles. The third-order valence-corrected chi connectivity index (χ3v) is 5.78. The first-order valence-corrected chi connectivity index (χ1v) is 8.86. The van der Waals surface area contributed by atoms with Crippen LogP contribution >= 0.6 is 0 Å². The number of carboxylic acid groups (broad SMARTS) is 1. The van der Waals surface area contributed by atoms with Gasteiger partial charge in [0.05, 0.1) is 5.92 Å². The summed E-state index contributed by atoms with van der Waals surface area (Å²) in [5.41, 5.74) is 0. The molecule has 1 heterocycles. The Morgan fingerprint density at radius 2 is 1.81 bits per heavy atom. The Kier molecular flexibility index (Phi) is 4.85. The maximum absolute atomic E-state index is 11.5. The van der Waals surface area contributed by atoms with Crippen LogP contribution in [0.3, 0.4) is 0 Å². The van der Waals surface area contributed by atoms with Crippen LogP contribution < -0.4 is 5.32 Å². The third kappa shape index (κ3) is 3.98. The molecule has 3 rings (SSSR count). The monoisotopic (exact) mass is 294 g/mol. The summed E-state index contributed by atoms with van der Waals surface area (Å²) in [6.07, 6.45) is 10.0. The molecule has 0 radical (unpaired) electrons. The summed E-state index contributed by atoms with van der Waals surface area (Å²) in [4.78, 5) is 13.9. The Labute approximate surface area is 128 Å². The second-order valence-corrected chi connectivity index (χ2v) is 7.50. The van der Waals surface area contributed by atoms with Crippen LogP contribution in [0.4, 0.5) is 0 Å². The summed E-state index contributed by atoms with van der Waals surface area (Å²) in [7, 11) is 0. The van der Waals surface area contributed by atoms with Gasteiger partial charge in [-0.05, 0) is 44.9 Å². The molecule has 2 saturated carbocycles. The van der Waals surface area contributed by atoms with E-state index in [0.717, 1.165) is 25.4 Å². The van der Waals surface area contributed by atoms with Crippen LogP contribution in [0.25, 0.3) is 0 Å². The van der Waals surface area contributed by atoms with Crippen LogP contribution in [0.15, 0.2) is 0 Å². The zero-order valence-corrected chi connectivity index (χ0v) is 13.3. The zero-order valence-electron chi connectivity index (χ0n) is 13.3. The average Bonchev–Trinajstić information content (AvgIpc) is 3.32. The van der Waals surface area contributed by atoms with Crippen LogP contribution in [0, 0.1) is 11.8 Å². The Bertz CT molecular complexity index is 364. The number of hydrogen-bond acceptors (Lipinski definition) is 3. The molecule has 3 fully saturated rings. The molecule has 3 atom stereocenters. The maximum Gasteiger partial charge on any atom is 0.307 e. The fourth-order valence-electron chi connectivity index (χ4n) is 4.24. The molecule has 120 valence electrons. The Morgan fingerprint density at radius 3 is 2.43 bits per heavy atom. The van der Waals surface area contributed by atoms with Crippen molar-refractivity contribution < 1.29 is 9.90 Å². The molecule has 0 amide bonds. The maximum atomic E-state index is 11.5. The van der Waals surface area contributed by atoms with Crippen molar-refractivity contribution in [1.82, 2.24) is 10.2 Å². The van der Waals surface area contributed by atoms with Gasteiger partial charge >= 0.3 is 5.97 Å². The lowest BCUT2D eigenvalue weighted by Crippen LogP contribution is -2.55. The molecule has 3 aliphatic rings. The number of nitrogens with zero attached hydrogens (tertiary/aromatic N) is 1. The van der Waals surface area contributed by atoms with E-state index in [2.05, 4.69) is 17.1 Å². The van der Waals surface area contributed by atoms with E-state index < -0.39 is 5.97 Å². The first kappa shape index (κ1) is 15.3. The van der Waals surface area contributed by atoms with Crippen LogP contribution in [0.5, 0.6) is 0 Å². The highest BCUT2D eigenvalue weighted by molar-refractivity contribution is 5.70. The summed E-state index contributed by atoms with van der Waals surface area (Å²) < 4.78 is 0. The van der Waals surface area contributed by atoms with E-state index in [-0.39, 0.29) is 5.92 Å². The number of nitrogens with one attached hydrogen (secondary N) is 1. The highest BCUT2D eigenvalue weighted by atomic mass is 16.4. The summed E-state index contributed by atoms with van der Waals surface area (Å²) in [6, 6.07) is 1.54. The molecule has 2 N–H and O–H groups in total. The second-order valence-electron chi connectivity index (χ2n) is 7.50. The summed E-state index contributed by atoms with van der Waals surface area (Å²) in [6.45, 7) is 4.08. The smallest absolute Gasteiger partial charge is 0.307 e. The van der Waals surface area contributed by atoms with Crippen LogP contribution in [-0.4, -0.2) is 47.2 Å². The van der Waals surface area contributed by atoms with Gasteiger partial charge in [-0.25, -0.2) is 0 Å². The van der Waals surface area contributed by atoms with Gasteiger partial charge in [0.2, 0.25) is 0 Å². The summed E-state index contributed by atoms with van der Waals surface area (Å²) in [5.74, 6) is 0.00653. The van der Waals surface area contributed by atoms with E-state index in [1.165, 1.54) is 44.9 Å². The number of hydrogen-bond donors (Lipinski definition) is 2. The summed E-state index contributed by atoms with van der Waals surface area (Å²) >= 11 is 0. The largest absolute Gasteiger partial charge is 0.481 e. The minimum absolute atomic E-state index is 0.193. The lowest BCUT2D eigenvalue weighted by molar-refractivity contribution is -0.144. The van der Waals surface area contributed by atoms with Crippen molar-refractivity contribution in [2.24, 2.45) is 11.8 Å². The van der Waals surface area contributed by atoms with E-state index in [1.807, 2.05) is 0 Å². The molecule has 0 aromatic rings. The van der Waals surface area contributed by atoms with Gasteiger partial charge in [-0.1, -0.05) is 19.3 Å². The zero-order chi connectivity index (χ0) is 14.8. The number of carboxylic acids is 1.